The maximum Gasteiger partial charge on any atom is 0.282 e. The molecule has 1 unspecified atom stereocenters. The van der Waals surface area contributed by atoms with Crippen LogP contribution in [0.15, 0.2) is 0 Å². The summed E-state index contributed by atoms with van der Waals surface area (Å²) < 4.78 is 40.2. The molecule has 0 aromatic carbocycles. The average molecular weight is 338 g/mol. The predicted molar refractivity (Wildman–Crippen MR) is 85.9 cm³/mol. The monoisotopic (exact) mass is 337 g/mol. The van der Waals surface area contributed by atoms with E-state index in [9.17, 15) is 12.6 Å². The van der Waals surface area contributed by atoms with Gasteiger partial charge in [-0.2, -0.15) is 17.0 Å². The van der Waals surface area contributed by atoms with Crippen LogP contribution in [0.25, 0.3) is 0 Å². The number of hydrogen-bond donors (Lipinski definition) is 1. The fourth-order valence-electron chi connectivity index (χ4n) is 2.93. The van der Waals surface area contributed by atoms with Gasteiger partial charge in [-0.05, 0) is 25.8 Å². The van der Waals surface area contributed by atoms with Crippen molar-refractivity contribution in [2.75, 3.05) is 44.2 Å². The van der Waals surface area contributed by atoms with Crippen molar-refractivity contribution in [1.82, 2.24) is 13.9 Å². The number of hydrogen-bond acceptors (Lipinski definition) is 4. The lowest BCUT2D eigenvalue weighted by molar-refractivity contribution is 0.228. The molecule has 2 saturated heterocycles. The van der Waals surface area contributed by atoms with Gasteiger partial charge < -0.3 is 5.32 Å². The number of rotatable bonds is 6. The van der Waals surface area contributed by atoms with Crippen LogP contribution in [0.4, 0.5) is 0 Å². The summed E-state index contributed by atoms with van der Waals surface area (Å²) in [4.78, 5) is 0. The van der Waals surface area contributed by atoms with Gasteiger partial charge in [0.05, 0.1) is 0 Å². The third-order valence-electron chi connectivity index (χ3n) is 4.14. The Morgan fingerprint density at radius 3 is 2.57 bits per heavy atom. The Labute approximate surface area is 130 Å². The molecule has 0 radical (unpaired) electrons. The van der Waals surface area contributed by atoms with Crippen LogP contribution < -0.4 is 5.32 Å². The molecule has 6 nitrogen and oxygen atoms in total. The lowest BCUT2D eigenvalue weighted by Crippen LogP contribution is -2.55. The Morgan fingerprint density at radius 1 is 1.19 bits per heavy atom. The van der Waals surface area contributed by atoms with E-state index in [1.54, 1.807) is 4.31 Å². The highest BCUT2D eigenvalue weighted by atomic mass is 32.2. The van der Waals surface area contributed by atoms with E-state index in [4.69, 9.17) is 0 Å². The third-order valence-corrected chi connectivity index (χ3v) is 7.51. The molecular formula is C13H27N3O3S2. The molecule has 0 aromatic rings. The molecule has 21 heavy (non-hydrogen) atoms. The molecule has 1 N–H and O–H groups in total. The Hall–Kier alpha value is -0.0200. The second-order valence-electron chi connectivity index (χ2n) is 5.72. The lowest BCUT2D eigenvalue weighted by Gasteiger charge is -2.39. The SMILES string of the molecule is CCCNCC1CCCCN1S(=O)(=O)N1CCS(=O)CC1. The van der Waals surface area contributed by atoms with Crippen molar-refractivity contribution in [3.05, 3.63) is 0 Å². The third kappa shape index (κ3) is 4.48. The molecule has 0 spiro atoms. The Balaban J connectivity index is 2.02. The van der Waals surface area contributed by atoms with E-state index in [-0.39, 0.29) is 6.04 Å². The number of piperidine rings is 1. The molecule has 124 valence electrons. The molecule has 0 saturated carbocycles. The van der Waals surface area contributed by atoms with E-state index in [2.05, 4.69) is 12.2 Å². The van der Waals surface area contributed by atoms with Gasteiger partial charge in [0, 0.05) is 54.5 Å². The van der Waals surface area contributed by atoms with Crippen LogP contribution in [0.5, 0.6) is 0 Å². The fraction of sp³-hybridized carbons (Fsp3) is 1.00. The zero-order valence-corrected chi connectivity index (χ0v) is 14.4. The Morgan fingerprint density at radius 2 is 1.90 bits per heavy atom. The van der Waals surface area contributed by atoms with E-state index in [1.165, 1.54) is 4.31 Å². The molecule has 0 bridgehead atoms. The summed E-state index contributed by atoms with van der Waals surface area (Å²) in [6, 6.07) is 0.0581. The van der Waals surface area contributed by atoms with Gasteiger partial charge in [0.1, 0.15) is 0 Å². The van der Waals surface area contributed by atoms with Crippen molar-refractivity contribution in [1.29, 1.82) is 0 Å². The molecule has 2 heterocycles. The lowest BCUT2D eigenvalue weighted by atomic mass is 10.1. The topological polar surface area (TPSA) is 69.7 Å². The summed E-state index contributed by atoms with van der Waals surface area (Å²) in [5.74, 6) is 0.928. The van der Waals surface area contributed by atoms with Gasteiger partial charge in [0.15, 0.2) is 0 Å². The van der Waals surface area contributed by atoms with Gasteiger partial charge in [-0.25, -0.2) is 0 Å². The van der Waals surface area contributed by atoms with E-state index >= 15 is 0 Å². The molecule has 0 aliphatic carbocycles. The van der Waals surface area contributed by atoms with Gasteiger partial charge in [-0.15, -0.1) is 0 Å². The minimum Gasteiger partial charge on any atom is -0.315 e. The summed E-state index contributed by atoms with van der Waals surface area (Å²) in [7, 11) is -4.26. The molecule has 0 aromatic heterocycles. The van der Waals surface area contributed by atoms with Gasteiger partial charge in [-0.3, -0.25) is 4.21 Å². The largest absolute Gasteiger partial charge is 0.315 e. The summed E-state index contributed by atoms with van der Waals surface area (Å²) >= 11 is 0. The van der Waals surface area contributed by atoms with Gasteiger partial charge in [-0.1, -0.05) is 13.3 Å². The van der Waals surface area contributed by atoms with Gasteiger partial charge in [0.25, 0.3) is 10.2 Å². The van der Waals surface area contributed by atoms with Crippen molar-refractivity contribution in [3.8, 4) is 0 Å². The summed E-state index contributed by atoms with van der Waals surface area (Å²) in [5, 5.41) is 3.34. The second kappa shape index (κ2) is 8.01. The summed E-state index contributed by atoms with van der Waals surface area (Å²) in [6.45, 7) is 5.15. The zero-order chi connectivity index (χ0) is 15.3. The summed E-state index contributed by atoms with van der Waals surface area (Å²) in [5.41, 5.74) is 0. The van der Waals surface area contributed by atoms with Gasteiger partial charge in [0.2, 0.25) is 0 Å². The Bertz CT molecular complexity index is 446. The number of nitrogens with zero attached hydrogens (tertiary/aromatic N) is 2. The van der Waals surface area contributed by atoms with Crippen molar-refractivity contribution >= 4 is 21.0 Å². The van der Waals surface area contributed by atoms with Crippen LogP contribution in [0.3, 0.4) is 0 Å². The van der Waals surface area contributed by atoms with E-state index < -0.39 is 21.0 Å². The molecular weight excluding hydrogens is 310 g/mol. The first-order chi connectivity index (χ1) is 10.1. The first kappa shape index (κ1) is 17.3. The fourth-order valence-corrected chi connectivity index (χ4v) is 6.07. The molecule has 2 fully saturated rings. The molecule has 8 heteroatoms. The molecule has 1 atom stereocenters. The predicted octanol–water partition coefficient (Wildman–Crippen LogP) is 0.150. The normalized spacial score (nSPS) is 27.0. The highest BCUT2D eigenvalue weighted by Gasteiger charge is 2.37. The highest BCUT2D eigenvalue weighted by Crippen LogP contribution is 2.23. The van der Waals surface area contributed by atoms with Gasteiger partial charge >= 0.3 is 0 Å². The molecule has 2 aliphatic heterocycles. The van der Waals surface area contributed by atoms with Crippen LogP contribution in [0, 0.1) is 0 Å². The van der Waals surface area contributed by atoms with Crippen molar-refractivity contribution in [2.45, 2.75) is 38.6 Å². The maximum atomic E-state index is 12.8. The van der Waals surface area contributed by atoms with Crippen molar-refractivity contribution in [3.63, 3.8) is 0 Å². The maximum absolute atomic E-state index is 12.8. The zero-order valence-electron chi connectivity index (χ0n) is 12.8. The Kier molecular flexibility index (Phi) is 6.61. The first-order valence-electron chi connectivity index (χ1n) is 7.88. The molecule has 0 amide bonds. The molecule has 2 aliphatic rings. The van der Waals surface area contributed by atoms with Crippen LogP contribution in [0.1, 0.15) is 32.6 Å². The van der Waals surface area contributed by atoms with Crippen molar-refractivity contribution < 1.29 is 12.6 Å². The van der Waals surface area contributed by atoms with Crippen molar-refractivity contribution in [2.24, 2.45) is 0 Å². The second-order valence-corrected chi connectivity index (χ2v) is 9.30. The number of nitrogens with one attached hydrogen (secondary N) is 1. The minimum absolute atomic E-state index is 0.0581. The molecule has 2 rings (SSSR count). The quantitative estimate of drug-likeness (QED) is 0.701. The van der Waals surface area contributed by atoms with E-state index in [0.717, 1.165) is 38.8 Å². The first-order valence-corrected chi connectivity index (χ1v) is 10.8. The summed E-state index contributed by atoms with van der Waals surface area (Å²) in [6.07, 6.45) is 4.00. The minimum atomic E-state index is -3.40. The van der Waals surface area contributed by atoms with E-state index in [0.29, 0.717) is 31.1 Å². The van der Waals surface area contributed by atoms with Crippen LogP contribution >= 0.6 is 0 Å². The van der Waals surface area contributed by atoms with Crippen LogP contribution in [-0.2, 0) is 21.0 Å². The standard InChI is InChI=1S/C13H27N3O3S2/c1-2-6-14-12-13-5-3-4-7-16(13)21(18,19)15-8-10-20(17)11-9-15/h13-14H,2-12H2,1H3. The average Bonchev–Trinajstić information content (AvgIpc) is 2.48. The van der Waals surface area contributed by atoms with Crippen LogP contribution in [-0.4, -0.2) is 71.5 Å². The van der Waals surface area contributed by atoms with E-state index in [1.807, 2.05) is 0 Å². The van der Waals surface area contributed by atoms with Crippen LogP contribution in [0.2, 0.25) is 0 Å². The highest BCUT2D eigenvalue weighted by molar-refractivity contribution is 7.87. The smallest absolute Gasteiger partial charge is 0.282 e.